The zero-order chi connectivity index (χ0) is 97.0. The fourth-order valence-electron chi connectivity index (χ4n) is 16.9. The largest absolute Gasteiger partial charge is 0.451 e. The molecular weight excluding hydrogens is 1890 g/mol. The Bertz CT molecular complexity index is 7590. The van der Waals surface area contributed by atoms with Crippen molar-refractivity contribution < 1.29 is 39.5 Å². The van der Waals surface area contributed by atoms with Crippen molar-refractivity contribution in [2.24, 2.45) is 5.92 Å². The molecule has 4 unspecified atom stereocenters. The number of alkyl halides is 3. The van der Waals surface area contributed by atoms with Crippen molar-refractivity contribution in [3.05, 3.63) is 307 Å². The molecule has 716 valence electrons. The minimum absolute atomic E-state index is 0.00608. The summed E-state index contributed by atoms with van der Waals surface area (Å²) in [5, 5.41) is 35.0. The number of aromatic nitrogens is 17. The molecule has 42 heteroatoms. The molecule has 0 bridgehead atoms. The number of benzene rings is 5. The second-order valence-corrected chi connectivity index (χ2v) is 39.9. The van der Waals surface area contributed by atoms with Gasteiger partial charge < -0.3 is 51.6 Å². The van der Waals surface area contributed by atoms with Crippen molar-refractivity contribution in [2.75, 3.05) is 97.5 Å². The normalized spacial score (nSPS) is 15.6. The van der Waals surface area contributed by atoms with E-state index in [4.69, 9.17) is 31.0 Å². The van der Waals surface area contributed by atoms with E-state index in [9.17, 15) is 44.4 Å². The van der Waals surface area contributed by atoms with Crippen molar-refractivity contribution in [3.63, 3.8) is 0 Å². The number of halogens is 4. The summed E-state index contributed by atoms with van der Waals surface area (Å²) in [7, 11) is -8.18. The zero-order valence-electron chi connectivity index (χ0n) is 75.6. The van der Waals surface area contributed by atoms with E-state index < -0.39 is 65.9 Å². The number of anilines is 8. The van der Waals surface area contributed by atoms with Crippen molar-refractivity contribution in [1.82, 2.24) is 99.7 Å². The highest BCUT2D eigenvalue weighted by Crippen LogP contribution is 2.36. The molecule has 0 aliphatic carbocycles. The lowest BCUT2D eigenvalue weighted by atomic mass is 9.88. The molecule has 20 rings (SSSR count). The molecule has 4 atom stereocenters. The number of pyridine rings is 4. The van der Waals surface area contributed by atoms with Gasteiger partial charge in [-0.05, 0) is 196 Å². The highest BCUT2D eigenvalue weighted by Gasteiger charge is 2.38. The van der Waals surface area contributed by atoms with Crippen LogP contribution in [0.1, 0.15) is 77.1 Å². The average Bonchev–Trinajstić information content (AvgIpc) is 0.807. The van der Waals surface area contributed by atoms with Gasteiger partial charge in [0.25, 0.3) is 16.7 Å². The van der Waals surface area contributed by atoms with E-state index in [1.807, 2.05) is 117 Å². The van der Waals surface area contributed by atoms with E-state index in [0.717, 1.165) is 105 Å². The number of hydrogen-bond acceptors (Lipinski definition) is 32. The van der Waals surface area contributed by atoms with Crippen LogP contribution in [-0.2, 0) is 55.8 Å². The standard InChI is InChI=1S/C35H32N8O3S.C32H28ClN9O2S2.C31H33F3N8O4S/c1-23-5-2-3-7-30(23)46-31-17-26-20-39-35(41-28-10-8-24(9-11-28)25-6-4-14-37-18-25)42-32(26)43(34(31)44)21-27-19-38-22-40-33(27)47(45)29-12-15-36-16-13-29;1-19-2-7-24(26(33)14-19)25-15-20-16-38-31(40-22-5-3-21(4-6-22)39-23-8-9-34-17-23)41-28(20)42(30(25)43)18-27-29(36-11-10-35-27)46(44)32-37-12-13-45-32;1-20(21-6-12-46-13-7-21)26-14-22-15-36-30(39-24-2-4-25(5-3-24)41-10-8-35-9-11-41)40-28(22)42(29(26)43)18-23-16-37-38-17-27(23)47(44,45)19-31(32,33)34/h2-3,5,7-13,15-17,19-20,22,25,37H,4,6,14,18,21H2,1H3,(H,39,41,42);2-7,10-16,23,34,39H,8-9,17-18H2,1H3,(H,38,40,41);2-5,14-17,21,35H,1,6-13,18-19H2,(H,36,39,40). The Morgan fingerprint density at radius 3 is 1.86 bits per heavy atom. The summed E-state index contributed by atoms with van der Waals surface area (Å²) in [4.78, 5) is 98.0. The molecule has 0 amide bonds. The molecule has 15 heterocycles. The van der Waals surface area contributed by atoms with Crippen molar-refractivity contribution in [1.29, 1.82) is 0 Å². The summed E-state index contributed by atoms with van der Waals surface area (Å²) >= 11 is 7.89. The Balaban J connectivity index is 0.000000139. The van der Waals surface area contributed by atoms with Crippen LogP contribution in [-0.4, -0.2) is 184 Å². The predicted molar refractivity (Wildman–Crippen MR) is 532 cm³/mol. The molecule has 4 saturated heterocycles. The van der Waals surface area contributed by atoms with Crippen LogP contribution in [0.5, 0.6) is 11.5 Å². The van der Waals surface area contributed by atoms with E-state index in [1.54, 1.807) is 72.9 Å². The molecule has 4 aliphatic heterocycles. The monoisotopic (exact) mass is 1980 g/mol. The van der Waals surface area contributed by atoms with Gasteiger partial charge in [-0.3, -0.25) is 38.1 Å². The highest BCUT2D eigenvalue weighted by atomic mass is 35.5. The Kier molecular flexibility index (Phi) is 29.8. The van der Waals surface area contributed by atoms with Crippen LogP contribution in [0.2, 0.25) is 5.02 Å². The van der Waals surface area contributed by atoms with E-state index in [1.165, 1.54) is 68.4 Å². The number of para-hydroxylation sites is 1. The number of fused-ring (bicyclic) bond motifs is 3. The fraction of sp³-hybridized carbons (Fsp3) is 0.255. The summed E-state index contributed by atoms with van der Waals surface area (Å²) in [5.74, 6) is -0.141. The molecule has 7 N–H and O–H groups in total. The molecule has 5 aromatic carbocycles. The molecule has 4 aliphatic rings. The quantitative estimate of drug-likeness (QED) is 0.0235. The first kappa shape index (κ1) is 96.0. The fourth-order valence-corrected chi connectivity index (χ4v) is 21.5. The molecule has 4 fully saturated rings. The summed E-state index contributed by atoms with van der Waals surface area (Å²) < 4.78 is 109. The van der Waals surface area contributed by atoms with Gasteiger partial charge in [-0.2, -0.15) is 38.3 Å². The van der Waals surface area contributed by atoms with E-state index >= 15 is 0 Å². The average molecular weight is 1990 g/mol. The number of piperidine rings is 1. The van der Waals surface area contributed by atoms with Gasteiger partial charge in [0.05, 0.1) is 42.6 Å². The van der Waals surface area contributed by atoms with Gasteiger partial charge in [0, 0.05) is 202 Å². The van der Waals surface area contributed by atoms with Crippen molar-refractivity contribution in [2.45, 2.75) is 108 Å². The third kappa shape index (κ3) is 22.8. The maximum Gasteiger partial charge on any atom is 0.403 e. The Hall–Kier alpha value is -14.3. The summed E-state index contributed by atoms with van der Waals surface area (Å²) in [6, 6.07) is 45.8. The number of hydrogen-bond donors (Lipinski definition) is 7. The smallest absolute Gasteiger partial charge is 0.403 e. The first-order valence-electron chi connectivity index (χ1n) is 45.0. The Labute approximate surface area is 814 Å². The van der Waals surface area contributed by atoms with Crippen molar-refractivity contribution in [3.8, 4) is 22.6 Å². The second kappa shape index (κ2) is 43.4. The van der Waals surface area contributed by atoms with Crippen LogP contribution in [0.4, 0.5) is 59.5 Å². The lowest BCUT2D eigenvalue weighted by Gasteiger charge is -2.29. The van der Waals surface area contributed by atoms with Crippen molar-refractivity contribution >= 4 is 139 Å². The van der Waals surface area contributed by atoms with Crippen LogP contribution in [0.15, 0.2) is 271 Å². The van der Waals surface area contributed by atoms with Crippen LogP contribution < -0.4 is 63.5 Å². The SMILES string of the molecule is C=C(c1cc2cnc(Nc3ccc(N4CCNCC4)cc3)nc2n(Cc2cnncc2S(=O)(=O)CC(F)(F)F)c1=O)C1CCOCC1.Cc1ccc(-c2cc3cnc(Nc4ccc(NC5CCNC5)cc4)nc3n(Cc3nccnc3S(=O)c3nccs3)c2=O)c(Cl)c1.Cc1ccccc1Oc1cc2cnc(Nc3ccc(C4CCCNC4)cc3)nc2n(Cc2cncnc2S(=O)c2ccncc2)c1=O. The summed E-state index contributed by atoms with van der Waals surface area (Å²) in [5.41, 5.74) is 9.73. The molecule has 0 radical (unpaired) electrons. The van der Waals surface area contributed by atoms with Gasteiger partial charge in [0.15, 0.2) is 30.7 Å². The number of ether oxygens (including phenoxy) is 2. The van der Waals surface area contributed by atoms with E-state index in [2.05, 4.69) is 121 Å². The van der Waals surface area contributed by atoms with Crippen LogP contribution in [0.3, 0.4) is 0 Å². The number of thiazole rings is 1. The van der Waals surface area contributed by atoms with Crippen LogP contribution >= 0.6 is 22.9 Å². The zero-order valence-corrected chi connectivity index (χ0v) is 79.6. The molecule has 16 aromatic rings. The lowest BCUT2D eigenvalue weighted by Crippen LogP contribution is -2.43. The van der Waals surface area contributed by atoms with Gasteiger partial charge in [-0.1, -0.05) is 60.6 Å². The molecule has 0 saturated carbocycles. The third-order valence-corrected chi connectivity index (χ3v) is 29.9. The number of allylic oxidation sites excluding steroid dienone is 1. The number of piperazine rings is 1. The Morgan fingerprint density at radius 2 is 1.21 bits per heavy atom. The first-order chi connectivity index (χ1) is 67.9. The first-order valence-corrected chi connectivity index (χ1v) is 50.2. The minimum Gasteiger partial charge on any atom is -0.451 e. The maximum absolute atomic E-state index is 14.3. The second-order valence-electron chi connectivity index (χ2n) is 33.6. The number of sulfone groups is 1. The van der Waals surface area contributed by atoms with Gasteiger partial charge >= 0.3 is 6.18 Å². The topological polar surface area (TPSA) is 421 Å². The van der Waals surface area contributed by atoms with E-state index in [0.29, 0.717) is 131 Å². The molecule has 34 nitrogen and oxygen atoms in total. The van der Waals surface area contributed by atoms with Gasteiger partial charge in [0.2, 0.25) is 17.8 Å². The molecule has 140 heavy (non-hydrogen) atoms. The van der Waals surface area contributed by atoms with Gasteiger partial charge in [-0.15, -0.1) is 11.3 Å². The van der Waals surface area contributed by atoms with Gasteiger partial charge in [-0.25, -0.2) is 51.7 Å². The van der Waals surface area contributed by atoms with Gasteiger partial charge in [0.1, 0.15) is 55.6 Å². The summed E-state index contributed by atoms with van der Waals surface area (Å²) in [6.07, 6.45) is 17.1. The maximum atomic E-state index is 14.3. The van der Waals surface area contributed by atoms with E-state index in [-0.39, 0.29) is 63.1 Å². The summed E-state index contributed by atoms with van der Waals surface area (Å²) in [6.45, 7) is 16.2. The number of aryl methyl sites for hydroxylation is 2. The highest BCUT2D eigenvalue weighted by molar-refractivity contribution is 7.91. The molecule has 11 aromatic heterocycles. The third-order valence-electron chi connectivity index (χ3n) is 24.0. The molecular formula is C98H93ClF3N25O9S4. The van der Waals surface area contributed by atoms with Crippen LogP contribution in [0, 0.1) is 19.8 Å². The minimum atomic E-state index is -4.98. The lowest BCUT2D eigenvalue weighted by molar-refractivity contribution is -0.106. The van der Waals surface area contributed by atoms with Crippen LogP contribution in [0.25, 0.3) is 49.8 Å². The molecule has 0 spiro atoms. The Morgan fingerprint density at radius 1 is 0.579 bits per heavy atom. The number of rotatable bonds is 27. The predicted octanol–water partition coefficient (Wildman–Crippen LogP) is 14.5. The number of nitrogens with zero attached hydrogens (tertiary/aromatic N) is 18. The number of nitrogens with one attached hydrogen (secondary N) is 7.